The molecule has 4 nitrogen and oxygen atoms in total. The van der Waals surface area contributed by atoms with E-state index in [2.05, 4.69) is 42.2 Å². The fourth-order valence-electron chi connectivity index (χ4n) is 1.91. The van der Waals surface area contributed by atoms with Crippen molar-refractivity contribution in [2.24, 2.45) is 0 Å². The summed E-state index contributed by atoms with van der Waals surface area (Å²) in [6, 6.07) is 9.78. The van der Waals surface area contributed by atoms with Crippen LogP contribution in [0.2, 0.25) is 0 Å². The summed E-state index contributed by atoms with van der Waals surface area (Å²) in [5.74, 6) is 0.116. The van der Waals surface area contributed by atoms with Crippen molar-refractivity contribution in [3.63, 3.8) is 0 Å². The van der Waals surface area contributed by atoms with Crippen LogP contribution in [-0.4, -0.2) is 10.8 Å². The minimum Gasteiger partial charge on any atom is -0.382 e. The Kier molecular flexibility index (Phi) is 4.86. The van der Waals surface area contributed by atoms with Gasteiger partial charge in [0, 0.05) is 10.2 Å². The highest BCUT2D eigenvalue weighted by atomic mass is 79.9. The highest BCUT2D eigenvalue weighted by molar-refractivity contribution is 9.11. The van der Waals surface area contributed by atoms with Crippen molar-refractivity contribution >= 4 is 77.0 Å². The summed E-state index contributed by atoms with van der Waals surface area (Å²) in [5.41, 5.74) is 8.02. The molecule has 0 amide bonds. The van der Waals surface area contributed by atoms with Crippen LogP contribution in [0.15, 0.2) is 38.6 Å². The fraction of sp³-hybridized carbons (Fsp3) is 0.0667. The van der Waals surface area contributed by atoms with Crippen molar-refractivity contribution in [1.82, 2.24) is 4.98 Å². The van der Waals surface area contributed by atoms with E-state index in [0.29, 0.717) is 14.9 Å². The number of nitrogens with one attached hydrogen (secondary N) is 1. The first kappa shape index (κ1) is 16.6. The number of hydrogen-bond donors (Lipinski definition) is 2. The quantitative estimate of drug-likeness (QED) is 0.485. The largest absolute Gasteiger partial charge is 0.382 e. The molecule has 3 rings (SSSR count). The summed E-state index contributed by atoms with van der Waals surface area (Å²) in [6.45, 7) is 2.03. The van der Waals surface area contributed by atoms with Gasteiger partial charge in [-0.05, 0) is 57.0 Å². The Balaban J connectivity index is 1.87. The fourth-order valence-corrected chi connectivity index (χ4v) is 5.37. The number of carbonyl (C=O) groups excluding carboxylic acids is 1. The molecular weight excluding hydrogens is 462 g/mol. The lowest BCUT2D eigenvalue weighted by molar-refractivity contribution is 0.104. The lowest BCUT2D eigenvalue weighted by Crippen LogP contribution is -2.00. The van der Waals surface area contributed by atoms with Crippen molar-refractivity contribution in [3.8, 4) is 0 Å². The average molecular weight is 473 g/mol. The van der Waals surface area contributed by atoms with Crippen molar-refractivity contribution in [3.05, 3.63) is 53.9 Å². The van der Waals surface area contributed by atoms with Crippen LogP contribution in [0.25, 0.3) is 0 Å². The Bertz CT molecular complexity index is 871. The van der Waals surface area contributed by atoms with Gasteiger partial charge in [0.05, 0.1) is 8.66 Å². The molecule has 2 aromatic heterocycles. The number of hydrogen-bond acceptors (Lipinski definition) is 6. The van der Waals surface area contributed by atoms with Crippen LogP contribution in [0, 0.1) is 6.92 Å². The first-order chi connectivity index (χ1) is 10.9. The molecular formula is C15H11Br2N3OS2. The number of thiazole rings is 1. The predicted octanol–water partition coefficient (Wildman–Crippen LogP) is 5.59. The van der Waals surface area contributed by atoms with Crippen LogP contribution in [-0.2, 0) is 0 Å². The third-order valence-electron chi connectivity index (χ3n) is 3.03. The molecule has 2 heterocycles. The second-order valence-corrected chi connectivity index (χ2v) is 9.07. The van der Waals surface area contributed by atoms with Crippen molar-refractivity contribution in [2.45, 2.75) is 6.92 Å². The molecule has 0 atom stereocenters. The summed E-state index contributed by atoms with van der Waals surface area (Å²) in [6.07, 6.45) is 0. The zero-order chi connectivity index (χ0) is 16.6. The first-order valence-electron chi connectivity index (χ1n) is 6.53. The van der Waals surface area contributed by atoms with Gasteiger partial charge in [-0.1, -0.05) is 29.0 Å². The van der Waals surface area contributed by atoms with E-state index in [9.17, 15) is 4.79 Å². The minimum atomic E-state index is -0.125. The van der Waals surface area contributed by atoms with Gasteiger partial charge >= 0.3 is 0 Å². The van der Waals surface area contributed by atoms with Crippen LogP contribution in [0.3, 0.4) is 0 Å². The van der Waals surface area contributed by atoms with Gasteiger partial charge in [0.2, 0.25) is 5.78 Å². The normalized spacial score (nSPS) is 10.7. The molecule has 1 aromatic carbocycles. The molecule has 0 unspecified atom stereocenters. The second kappa shape index (κ2) is 6.72. The summed E-state index contributed by atoms with van der Waals surface area (Å²) in [4.78, 5) is 17.9. The van der Waals surface area contributed by atoms with Gasteiger partial charge in [0.1, 0.15) is 10.7 Å². The van der Waals surface area contributed by atoms with Gasteiger partial charge in [-0.15, -0.1) is 11.3 Å². The first-order valence-corrected chi connectivity index (χ1v) is 9.75. The maximum Gasteiger partial charge on any atom is 0.217 e. The number of anilines is 3. The van der Waals surface area contributed by atoms with Crippen molar-refractivity contribution in [1.29, 1.82) is 0 Å². The molecule has 0 saturated carbocycles. The Morgan fingerprint density at radius 2 is 1.87 bits per heavy atom. The minimum absolute atomic E-state index is 0.125. The number of benzene rings is 1. The van der Waals surface area contributed by atoms with E-state index < -0.39 is 0 Å². The predicted molar refractivity (Wildman–Crippen MR) is 104 cm³/mol. The Morgan fingerprint density at radius 1 is 1.17 bits per heavy atom. The highest BCUT2D eigenvalue weighted by Gasteiger charge is 2.22. The number of ketones is 1. The number of halogens is 2. The second-order valence-electron chi connectivity index (χ2n) is 4.78. The van der Waals surface area contributed by atoms with Crippen LogP contribution >= 0.6 is 54.5 Å². The molecule has 0 saturated heterocycles. The third kappa shape index (κ3) is 3.65. The smallest absolute Gasteiger partial charge is 0.217 e. The van der Waals surface area contributed by atoms with Crippen LogP contribution < -0.4 is 11.1 Å². The third-order valence-corrected chi connectivity index (χ3v) is 6.54. The molecule has 0 bridgehead atoms. The Morgan fingerprint density at radius 3 is 2.48 bits per heavy atom. The number of aromatic nitrogens is 1. The Labute approximate surface area is 158 Å². The zero-order valence-corrected chi connectivity index (χ0v) is 16.7. The van der Waals surface area contributed by atoms with Gasteiger partial charge in [-0.25, -0.2) is 4.98 Å². The lowest BCUT2D eigenvalue weighted by atomic mass is 10.2. The Hall–Kier alpha value is -1.22. The van der Waals surface area contributed by atoms with Crippen LogP contribution in [0.5, 0.6) is 0 Å². The number of aryl methyl sites for hydroxylation is 1. The van der Waals surface area contributed by atoms with Crippen molar-refractivity contribution in [2.75, 3.05) is 11.1 Å². The SMILES string of the molecule is Cc1ccc(Nc2nc(N)c(C(=O)c3sc(Br)cc3Br)s2)cc1. The summed E-state index contributed by atoms with van der Waals surface area (Å²) in [5, 5.41) is 3.77. The molecule has 0 aliphatic rings. The molecule has 0 radical (unpaired) electrons. The number of thiophene rings is 1. The van der Waals surface area contributed by atoms with Crippen LogP contribution in [0.4, 0.5) is 16.6 Å². The number of nitrogens with two attached hydrogens (primary N) is 1. The van der Waals surface area contributed by atoms with Gasteiger partial charge in [0.25, 0.3) is 0 Å². The molecule has 0 spiro atoms. The van der Waals surface area contributed by atoms with E-state index in [1.165, 1.54) is 28.2 Å². The molecule has 3 aromatic rings. The summed E-state index contributed by atoms with van der Waals surface area (Å²) < 4.78 is 1.63. The van der Waals surface area contributed by atoms with E-state index in [1.54, 1.807) is 0 Å². The topological polar surface area (TPSA) is 68.0 Å². The summed E-state index contributed by atoms with van der Waals surface area (Å²) >= 11 is 9.39. The van der Waals surface area contributed by atoms with E-state index in [0.717, 1.165) is 13.9 Å². The van der Waals surface area contributed by atoms with Crippen LogP contribution in [0.1, 0.15) is 20.1 Å². The van der Waals surface area contributed by atoms with Gasteiger partial charge in [-0.2, -0.15) is 0 Å². The van der Waals surface area contributed by atoms with E-state index >= 15 is 0 Å². The average Bonchev–Trinajstić information content (AvgIpc) is 3.03. The summed E-state index contributed by atoms with van der Waals surface area (Å²) in [7, 11) is 0. The standard InChI is InChI=1S/C15H11Br2N3OS2/c1-7-2-4-8(5-3-7)19-15-20-14(18)13(23-15)11(21)12-9(16)6-10(17)22-12/h2-6H,18H2,1H3,(H,19,20). The molecule has 118 valence electrons. The monoisotopic (exact) mass is 471 g/mol. The van der Waals surface area contributed by atoms with E-state index in [-0.39, 0.29) is 11.6 Å². The number of nitrogens with zero attached hydrogens (tertiary/aromatic N) is 1. The van der Waals surface area contributed by atoms with E-state index in [4.69, 9.17) is 5.73 Å². The number of rotatable bonds is 4. The highest BCUT2D eigenvalue weighted by Crippen LogP contribution is 2.36. The van der Waals surface area contributed by atoms with Crippen molar-refractivity contribution < 1.29 is 4.79 Å². The lowest BCUT2D eigenvalue weighted by Gasteiger charge is -2.01. The maximum atomic E-state index is 12.6. The molecule has 3 N–H and O–H groups in total. The molecule has 0 aliphatic heterocycles. The van der Waals surface area contributed by atoms with Gasteiger partial charge in [-0.3, -0.25) is 4.79 Å². The van der Waals surface area contributed by atoms with E-state index in [1.807, 2.05) is 37.3 Å². The van der Waals surface area contributed by atoms with Gasteiger partial charge in [0.15, 0.2) is 5.13 Å². The zero-order valence-electron chi connectivity index (χ0n) is 11.9. The molecule has 8 heteroatoms. The molecule has 23 heavy (non-hydrogen) atoms. The molecule has 0 fully saturated rings. The maximum absolute atomic E-state index is 12.6. The number of carbonyl (C=O) groups is 1. The molecule has 0 aliphatic carbocycles. The number of nitrogen functional groups attached to an aromatic ring is 1. The van der Waals surface area contributed by atoms with Gasteiger partial charge < -0.3 is 11.1 Å².